The van der Waals surface area contributed by atoms with Crippen molar-refractivity contribution in [3.05, 3.63) is 47.5 Å². The fourth-order valence-corrected chi connectivity index (χ4v) is 3.18. The van der Waals surface area contributed by atoms with Crippen LogP contribution in [0.4, 0.5) is 4.39 Å². The molecule has 1 aliphatic rings. The van der Waals surface area contributed by atoms with Gasteiger partial charge in [-0.05, 0) is 36.5 Å². The summed E-state index contributed by atoms with van der Waals surface area (Å²) < 4.78 is 20.8. The Hall–Kier alpha value is -1.81. The van der Waals surface area contributed by atoms with Crippen LogP contribution in [0.1, 0.15) is 37.6 Å². The predicted molar refractivity (Wildman–Crippen MR) is 79.3 cm³/mol. The number of rotatable bonds is 2. The van der Waals surface area contributed by atoms with Crippen molar-refractivity contribution in [3.8, 4) is 11.4 Å². The Balaban J connectivity index is 2.07. The van der Waals surface area contributed by atoms with Gasteiger partial charge < -0.3 is 14.4 Å². The van der Waals surface area contributed by atoms with Crippen molar-refractivity contribution in [1.82, 2.24) is 4.57 Å². The van der Waals surface area contributed by atoms with Crippen LogP contribution in [-0.2, 0) is 6.42 Å². The highest BCUT2D eigenvalue weighted by Gasteiger charge is 2.33. The highest BCUT2D eigenvalue weighted by molar-refractivity contribution is 5.43. The molecule has 112 valence electrons. The minimum Gasteiger partial charge on any atom is -0.494 e. The summed E-state index contributed by atoms with van der Waals surface area (Å²) in [6, 6.07) is 6.85. The summed E-state index contributed by atoms with van der Waals surface area (Å²) >= 11 is 0. The summed E-state index contributed by atoms with van der Waals surface area (Å²) in [6.07, 6.45) is 3.06. The molecule has 0 saturated carbocycles. The van der Waals surface area contributed by atoms with E-state index in [1.54, 1.807) is 6.07 Å². The Morgan fingerprint density at radius 3 is 2.76 bits per heavy atom. The van der Waals surface area contributed by atoms with Crippen LogP contribution in [-0.4, -0.2) is 16.8 Å². The summed E-state index contributed by atoms with van der Waals surface area (Å²) in [5.74, 6) is -0.145. The van der Waals surface area contributed by atoms with E-state index in [4.69, 9.17) is 4.74 Å². The first-order valence-corrected chi connectivity index (χ1v) is 7.13. The van der Waals surface area contributed by atoms with Gasteiger partial charge in [0.25, 0.3) is 0 Å². The molecule has 1 atom stereocenters. The minimum atomic E-state index is -0.451. The van der Waals surface area contributed by atoms with E-state index in [2.05, 4.69) is 13.8 Å². The molecule has 3 rings (SSSR count). The topological polar surface area (TPSA) is 34.4 Å². The second-order valence-corrected chi connectivity index (χ2v) is 6.47. The highest BCUT2D eigenvalue weighted by atomic mass is 19.1. The van der Waals surface area contributed by atoms with E-state index < -0.39 is 6.10 Å². The summed E-state index contributed by atoms with van der Waals surface area (Å²) in [5.41, 5.74) is 2.79. The fourth-order valence-electron chi connectivity index (χ4n) is 3.18. The predicted octanol–water partition coefficient (Wildman–Crippen LogP) is 3.63. The average molecular weight is 289 g/mol. The number of benzene rings is 1. The van der Waals surface area contributed by atoms with Gasteiger partial charge in [0, 0.05) is 29.2 Å². The molecule has 1 unspecified atom stereocenters. The standard InChI is InChI=1S/C17H20FNO2/c1-17(2)9-14-12(15(20)10-17)6-7-19(14)11-4-5-16(21-3)13(18)8-11/h4-8,15,20H,9-10H2,1-3H3. The lowest BCUT2D eigenvalue weighted by molar-refractivity contribution is 0.0987. The molecule has 0 bridgehead atoms. The number of hydrogen-bond acceptors (Lipinski definition) is 2. The zero-order valence-electron chi connectivity index (χ0n) is 12.6. The molecule has 0 saturated heterocycles. The first kappa shape index (κ1) is 14.1. The molecule has 3 nitrogen and oxygen atoms in total. The van der Waals surface area contributed by atoms with Gasteiger partial charge in [-0.1, -0.05) is 13.8 Å². The number of ether oxygens (including phenoxy) is 1. The first-order valence-electron chi connectivity index (χ1n) is 7.13. The SMILES string of the molecule is COc1ccc(-n2ccc3c2CC(C)(C)CC3O)cc1F. The Bertz CT molecular complexity index is 675. The quantitative estimate of drug-likeness (QED) is 0.916. The van der Waals surface area contributed by atoms with Crippen molar-refractivity contribution in [3.63, 3.8) is 0 Å². The molecule has 1 aliphatic carbocycles. The lowest BCUT2D eigenvalue weighted by Crippen LogP contribution is -2.26. The maximum Gasteiger partial charge on any atom is 0.167 e. The van der Waals surface area contributed by atoms with Gasteiger partial charge in [0.05, 0.1) is 13.2 Å². The molecule has 0 fully saturated rings. The van der Waals surface area contributed by atoms with Crippen molar-refractivity contribution < 1.29 is 14.2 Å². The number of aromatic nitrogens is 1. The van der Waals surface area contributed by atoms with E-state index in [1.165, 1.54) is 13.2 Å². The first-order chi connectivity index (χ1) is 9.91. The number of nitrogens with zero attached hydrogens (tertiary/aromatic N) is 1. The van der Waals surface area contributed by atoms with Gasteiger partial charge in [0.15, 0.2) is 11.6 Å². The second-order valence-electron chi connectivity index (χ2n) is 6.47. The molecule has 0 radical (unpaired) electrons. The van der Waals surface area contributed by atoms with Crippen LogP contribution >= 0.6 is 0 Å². The van der Waals surface area contributed by atoms with Gasteiger partial charge in [-0.15, -0.1) is 0 Å². The van der Waals surface area contributed by atoms with E-state index in [-0.39, 0.29) is 17.0 Å². The zero-order chi connectivity index (χ0) is 15.2. The van der Waals surface area contributed by atoms with Crippen molar-refractivity contribution in [2.24, 2.45) is 5.41 Å². The van der Waals surface area contributed by atoms with Crippen molar-refractivity contribution in [2.75, 3.05) is 7.11 Å². The number of fused-ring (bicyclic) bond motifs is 1. The van der Waals surface area contributed by atoms with Crippen LogP contribution in [0, 0.1) is 11.2 Å². The third kappa shape index (κ3) is 2.44. The average Bonchev–Trinajstić information content (AvgIpc) is 2.81. The summed E-state index contributed by atoms with van der Waals surface area (Å²) in [6.45, 7) is 4.29. The van der Waals surface area contributed by atoms with E-state index >= 15 is 0 Å². The molecule has 1 N–H and O–H groups in total. The van der Waals surface area contributed by atoms with E-state index in [1.807, 2.05) is 22.9 Å². The van der Waals surface area contributed by atoms with Crippen molar-refractivity contribution in [1.29, 1.82) is 0 Å². The summed E-state index contributed by atoms with van der Waals surface area (Å²) in [7, 11) is 1.45. The molecular formula is C17H20FNO2. The summed E-state index contributed by atoms with van der Waals surface area (Å²) in [4.78, 5) is 0. The number of hydrogen-bond donors (Lipinski definition) is 1. The van der Waals surface area contributed by atoms with E-state index in [0.29, 0.717) is 0 Å². The van der Waals surface area contributed by atoms with Crippen molar-refractivity contribution in [2.45, 2.75) is 32.8 Å². The molecular weight excluding hydrogens is 269 g/mol. The molecule has 1 aromatic heterocycles. The van der Waals surface area contributed by atoms with Gasteiger partial charge in [0.2, 0.25) is 0 Å². The third-order valence-electron chi connectivity index (χ3n) is 4.19. The fraction of sp³-hybridized carbons (Fsp3) is 0.412. The largest absolute Gasteiger partial charge is 0.494 e. The number of aliphatic hydroxyl groups excluding tert-OH is 1. The van der Waals surface area contributed by atoms with Crippen LogP contribution in [0.15, 0.2) is 30.5 Å². The van der Waals surface area contributed by atoms with Gasteiger partial charge in [-0.25, -0.2) is 4.39 Å². The van der Waals surface area contributed by atoms with Crippen LogP contribution < -0.4 is 4.74 Å². The molecule has 21 heavy (non-hydrogen) atoms. The van der Waals surface area contributed by atoms with Crippen LogP contribution in [0.3, 0.4) is 0 Å². The number of methoxy groups -OCH3 is 1. The molecule has 1 heterocycles. The van der Waals surface area contributed by atoms with Gasteiger partial charge in [-0.3, -0.25) is 0 Å². The Morgan fingerprint density at radius 1 is 1.33 bits per heavy atom. The Morgan fingerprint density at radius 2 is 2.10 bits per heavy atom. The zero-order valence-corrected chi connectivity index (χ0v) is 12.6. The van der Waals surface area contributed by atoms with E-state index in [0.717, 1.165) is 29.8 Å². The molecule has 1 aromatic carbocycles. The Labute approximate surface area is 124 Å². The smallest absolute Gasteiger partial charge is 0.167 e. The van der Waals surface area contributed by atoms with Crippen LogP contribution in [0.5, 0.6) is 5.75 Å². The van der Waals surface area contributed by atoms with Gasteiger partial charge in [0.1, 0.15) is 0 Å². The number of aliphatic hydroxyl groups is 1. The monoisotopic (exact) mass is 289 g/mol. The normalized spacial score (nSPS) is 20.1. The highest BCUT2D eigenvalue weighted by Crippen LogP contribution is 2.41. The van der Waals surface area contributed by atoms with Crippen molar-refractivity contribution >= 4 is 0 Å². The third-order valence-corrected chi connectivity index (χ3v) is 4.19. The van der Waals surface area contributed by atoms with E-state index in [9.17, 15) is 9.50 Å². The lowest BCUT2D eigenvalue weighted by Gasteiger charge is -2.34. The Kier molecular flexibility index (Phi) is 3.29. The maximum atomic E-state index is 13.9. The second kappa shape index (κ2) is 4.88. The molecule has 0 amide bonds. The minimum absolute atomic E-state index is 0.0353. The van der Waals surface area contributed by atoms with Crippen LogP contribution in [0.2, 0.25) is 0 Å². The lowest BCUT2D eigenvalue weighted by atomic mass is 9.75. The molecule has 0 aliphatic heterocycles. The molecule has 2 aromatic rings. The molecule has 4 heteroatoms. The number of halogens is 1. The summed E-state index contributed by atoms with van der Waals surface area (Å²) in [5, 5.41) is 10.3. The maximum absolute atomic E-state index is 13.9. The van der Waals surface area contributed by atoms with Crippen LogP contribution in [0.25, 0.3) is 5.69 Å². The van der Waals surface area contributed by atoms with Gasteiger partial charge in [-0.2, -0.15) is 0 Å². The van der Waals surface area contributed by atoms with Gasteiger partial charge >= 0.3 is 0 Å². The molecule has 0 spiro atoms.